The fourth-order valence-corrected chi connectivity index (χ4v) is 2.71. The maximum atomic E-state index is 11.7. The van der Waals surface area contributed by atoms with Crippen molar-refractivity contribution in [2.75, 3.05) is 24.3 Å². The molecule has 0 spiro atoms. The van der Waals surface area contributed by atoms with Crippen molar-refractivity contribution >= 4 is 17.3 Å². The summed E-state index contributed by atoms with van der Waals surface area (Å²) in [4.78, 5) is 14.0. The summed E-state index contributed by atoms with van der Waals surface area (Å²) in [7, 11) is 1.38. The van der Waals surface area contributed by atoms with Gasteiger partial charge in [-0.25, -0.2) is 4.79 Å². The summed E-state index contributed by atoms with van der Waals surface area (Å²) in [6.07, 6.45) is 2.44. The summed E-state index contributed by atoms with van der Waals surface area (Å²) in [5.74, 6) is 0.282. The van der Waals surface area contributed by atoms with E-state index >= 15 is 0 Å². The number of anilines is 2. The molecule has 1 aromatic rings. The quantitative estimate of drug-likeness (QED) is 0.657. The minimum Gasteiger partial charge on any atom is -0.465 e. The molecular weight excluding hydrogens is 240 g/mol. The SMILES string of the molecule is COC(=O)c1cc(N2CCCC(C)C2C)ccc1N. The molecule has 1 aromatic carbocycles. The molecule has 4 heteroatoms. The van der Waals surface area contributed by atoms with Crippen molar-refractivity contribution in [1.29, 1.82) is 0 Å². The number of nitrogens with two attached hydrogens (primary N) is 1. The molecule has 0 amide bonds. The third-order valence-corrected chi connectivity index (χ3v) is 4.15. The molecule has 4 nitrogen and oxygen atoms in total. The van der Waals surface area contributed by atoms with E-state index in [9.17, 15) is 4.79 Å². The summed E-state index contributed by atoms with van der Waals surface area (Å²) in [5.41, 5.74) is 7.80. The Hall–Kier alpha value is -1.71. The van der Waals surface area contributed by atoms with E-state index in [0.29, 0.717) is 23.2 Å². The number of methoxy groups -OCH3 is 1. The standard InChI is InChI=1S/C15H22N2O2/c1-10-5-4-8-17(11(10)2)12-6-7-14(16)13(9-12)15(18)19-3/h6-7,9-11H,4-5,8,16H2,1-3H3. The number of nitrogens with zero attached hydrogens (tertiary/aromatic N) is 1. The van der Waals surface area contributed by atoms with Gasteiger partial charge < -0.3 is 15.4 Å². The Kier molecular flexibility index (Phi) is 3.98. The molecule has 2 rings (SSSR count). The Labute approximate surface area is 114 Å². The summed E-state index contributed by atoms with van der Waals surface area (Å²) in [5, 5.41) is 0. The van der Waals surface area contributed by atoms with Gasteiger partial charge >= 0.3 is 5.97 Å². The summed E-state index contributed by atoms with van der Waals surface area (Å²) < 4.78 is 4.77. The Balaban J connectivity index is 2.32. The molecule has 1 saturated heterocycles. The second-order valence-electron chi connectivity index (χ2n) is 5.32. The van der Waals surface area contributed by atoms with E-state index in [1.807, 2.05) is 12.1 Å². The first-order chi connectivity index (χ1) is 9.04. The lowest BCUT2D eigenvalue weighted by Crippen LogP contribution is -2.42. The van der Waals surface area contributed by atoms with Crippen molar-refractivity contribution in [2.24, 2.45) is 5.92 Å². The van der Waals surface area contributed by atoms with Crippen LogP contribution < -0.4 is 10.6 Å². The van der Waals surface area contributed by atoms with E-state index in [2.05, 4.69) is 18.7 Å². The number of benzene rings is 1. The van der Waals surface area contributed by atoms with Crippen LogP contribution in [-0.4, -0.2) is 25.7 Å². The summed E-state index contributed by atoms with van der Waals surface area (Å²) in [6.45, 7) is 5.53. The molecule has 1 aliphatic rings. The third-order valence-electron chi connectivity index (χ3n) is 4.15. The Morgan fingerprint density at radius 3 is 2.84 bits per heavy atom. The zero-order valence-electron chi connectivity index (χ0n) is 11.8. The largest absolute Gasteiger partial charge is 0.465 e. The van der Waals surface area contributed by atoms with Crippen molar-refractivity contribution in [2.45, 2.75) is 32.7 Å². The number of hydrogen-bond acceptors (Lipinski definition) is 4. The molecule has 0 aromatic heterocycles. The lowest BCUT2D eigenvalue weighted by molar-refractivity contribution is 0.0602. The molecular formula is C15H22N2O2. The van der Waals surface area contributed by atoms with Gasteiger partial charge in [0.25, 0.3) is 0 Å². The number of esters is 1. The van der Waals surface area contributed by atoms with Gasteiger partial charge in [0.05, 0.1) is 12.7 Å². The Morgan fingerprint density at radius 2 is 2.16 bits per heavy atom. The van der Waals surface area contributed by atoms with Crippen molar-refractivity contribution in [1.82, 2.24) is 0 Å². The number of rotatable bonds is 2. The van der Waals surface area contributed by atoms with Gasteiger partial charge in [-0.1, -0.05) is 6.92 Å². The van der Waals surface area contributed by atoms with Crippen molar-refractivity contribution in [3.05, 3.63) is 23.8 Å². The molecule has 1 fully saturated rings. The number of piperidine rings is 1. The van der Waals surface area contributed by atoms with Crippen LogP contribution in [0.1, 0.15) is 37.0 Å². The van der Waals surface area contributed by atoms with Gasteiger partial charge in [-0.05, 0) is 43.9 Å². The predicted octanol–water partition coefficient (Wildman–Crippen LogP) is 2.68. The Morgan fingerprint density at radius 1 is 1.42 bits per heavy atom. The van der Waals surface area contributed by atoms with E-state index in [-0.39, 0.29) is 5.97 Å². The van der Waals surface area contributed by atoms with Crippen LogP contribution in [0.15, 0.2) is 18.2 Å². The van der Waals surface area contributed by atoms with E-state index in [0.717, 1.165) is 12.2 Å². The summed E-state index contributed by atoms with van der Waals surface area (Å²) in [6, 6.07) is 6.09. The van der Waals surface area contributed by atoms with Gasteiger partial charge in [0, 0.05) is 24.0 Å². The molecule has 0 saturated carbocycles. The van der Waals surface area contributed by atoms with Crippen molar-refractivity contribution in [3.63, 3.8) is 0 Å². The predicted molar refractivity (Wildman–Crippen MR) is 77.4 cm³/mol. The molecule has 0 radical (unpaired) electrons. The van der Waals surface area contributed by atoms with Gasteiger partial charge in [0.2, 0.25) is 0 Å². The first-order valence-electron chi connectivity index (χ1n) is 6.79. The number of ether oxygens (including phenoxy) is 1. The lowest BCUT2D eigenvalue weighted by atomic mass is 9.91. The lowest BCUT2D eigenvalue weighted by Gasteiger charge is -2.39. The molecule has 2 unspecified atom stereocenters. The van der Waals surface area contributed by atoms with Crippen LogP contribution in [-0.2, 0) is 4.74 Å². The topological polar surface area (TPSA) is 55.6 Å². The van der Waals surface area contributed by atoms with Gasteiger partial charge in [-0.3, -0.25) is 0 Å². The molecule has 0 aliphatic carbocycles. The molecule has 2 atom stereocenters. The number of nitrogen functional groups attached to an aromatic ring is 1. The van der Waals surface area contributed by atoms with Crippen LogP contribution in [0.25, 0.3) is 0 Å². The first-order valence-corrected chi connectivity index (χ1v) is 6.79. The highest BCUT2D eigenvalue weighted by molar-refractivity contribution is 5.96. The third kappa shape index (κ3) is 2.67. The van der Waals surface area contributed by atoms with Crippen LogP contribution in [0.3, 0.4) is 0 Å². The minimum atomic E-state index is -0.378. The highest BCUT2D eigenvalue weighted by atomic mass is 16.5. The normalized spacial score (nSPS) is 23.2. The highest BCUT2D eigenvalue weighted by Gasteiger charge is 2.25. The first kappa shape index (κ1) is 13.7. The molecule has 1 aliphatic heterocycles. The number of hydrogen-bond donors (Lipinski definition) is 1. The second-order valence-corrected chi connectivity index (χ2v) is 5.32. The van der Waals surface area contributed by atoms with Gasteiger partial charge in [-0.15, -0.1) is 0 Å². The number of carbonyl (C=O) groups is 1. The fraction of sp³-hybridized carbons (Fsp3) is 0.533. The smallest absolute Gasteiger partial charge is 0.340 e. The average molecular weight is 262 g/mol. The molecule has 2 N–H and O–H groups in total. The van der Waals surface area contributed by atoms with Crippen LogP contribution in [0.2, 0.25) is 0 Å². The number of carbonyl (C=O) groups excluding carboxylic acids is 1. The van der Waals surface area contributed by atoms with E-state index in [1.165, 1.54) is 20.0 Å². The Bertz CT molecular complexity index is 473. The van der Waals surface area contributed by atoms with Crippen LogP contribution in [0.4, 0.5) is 11.4 Å². The monoisotopic (exact) mass is 262 g/mol. The maximum absolute atomic E-state index is 11.7. The fourth-order valence-electron chi connectivity index (χ4n) is 2.71. The zero-order valence-corrected chi connectivity index (χ0v) is 11.8. The minimum absolute atomic E-state index is 0.378. The van der Waals surface area contributed by atoms with Crippen LogP contribution >= 0.6 is 0 Å². The van der Waals surface area contributed by atoms with Gasteiger partial charge in [0.15, 0.2) is 0 Å². The molecule has 19 heavy (non-hydrogen) atoms. The van der Waals surface area contributed by atoms with Crippen LogP contribution in [0.5, 0.6) is 0 Å². The molecule has 0 bridgehead atoms. The molecule has 1 heterocycles. The zero-order chi connectivity index (χ0) is 14.0. The van der Waals surface area contributed by atoms with E-state index in [1.54, 1.807) is 6.07 Å². The second kappa shape index (κ2) is 5.51. The average Bonchev–Trinajstić information content (AvgIpc) is 2.42. The molecule has 104 valence electrons. The summed E-state index contributed by atoms with van der Waals surface area (Å²) >= 11 is 0. The van der Waals surface area contributed by atoms with Crippen LogP contribution in [0, 0.1) is 5.92 Å². The van der Waals surface area contributed by atoms with Crippen molar-refractivity contribution in [3.8, 4) is 0 Å². The van der Waals surface area contributed by atoms with E-state index < -0.39 is 0 Å². The maximum Gasteiger partial charge on any atom is 0.340 e. The van der Waals surface area contributed by atoms with Gasteiger partial charge in [0.1, 0.15) is 0 Å². The van der Waals surface area contributed by atoms with Gasteiger partial charge in [-0.2, -0.15) is 0 Å². The highest BCUT2D eigenvalue weighted by Crippen LogP contribution is 2.30. The van der Waals surface area contributed by atoms with E-state index in [4.69, 9.17) is 10.5 Å². The van der Waals surface area contributed by atoms with Crippen molar-refractivity contribution < 1.29 is 9.53 Å².